The number of hydrogen-bond donors (Lipinski definition) is 4. The highest BCUT2D eigenvalue weighted by Crippen LogP contribution is 2.45. The first-order valence-electron chi connectivity index (χ1n) is 34.8. The van der Waals surface area contributed by atoms with Crippen molar-refractivity contribution < 1.29 is 75.8 Å². The number of phosphoric acid groups is 2. The molecule has 0 radical (unpaired) electrons. The monoisotopic (exact) mass is 1320 g/mol. The van der Waals surface area contributed by atoms with Crippen molar-refractivity contribution in [3.05, 3.63) is 122 Å². The molecule has 0 bridgehead atoms. The molecular weight excluding hydrogens is 1190 g/mol. The maximum Gasteiger partial charge on any atom is 0.472 e. The van der Waals surface area contributed by atoms with Crippen LogP contribution in [0.4, 0.5) is 0 Å². The third-order valence-corrected chi connectivity index (χ3v) is 16.1. The lowest BCUT2D eigenvalue weighted by Gasteiger charge is -2.21. The Labute approximate surface area is 551 Å². The van der Waals surface area contributed by atoms with Gasteiger partial charge in [-0.2, -0.15) is 0 Å². The molecule has 5 unspecified atom stereocenters. The Morgan fingerprint density at radius 3 is 1.01 bits per heavy atom. The highest BCUT2D eigenvalue weighted by molar-refractivity contribution is 7.47. The number of ether oxygens (including phenoxy) is 3. The van der Waals surface area contributed by atoms with E-state index in [4.69, 9.17) is 32.3 Å². The number of rotatable bonds is 65. The summed E-state index contributed by atoms with van der Waals surface area (Å²) in [6.45, 7) is 2.41. The van der Waals surface area contributed by atoms with Crippen LogP contribution in [0, 0.1) is 0 Å². The molecule has 0 aromatic rings. The molecule has 0 amide bonds. The summed E-state index contributed by atoms with van der Waals surface area (Å²) in [6.07, 6.45) is 75.6. The number of carbonyl (C=O) groups is 3. The smallest absolute Gasteiger partial charge is 0.463 e. The van der Waals surface area contributed by atoms with Crippen molar-refractivity contribution >= 4 is 33.6 Å². The molecule has 16 nitrogen and oxygen atoms in total. The van der Waals surface area contributed by atoms with E-state index in [2.05, 4.69) is 124 Å². The SMILES string of the molecule is CC/C=C\C/C=C\C/C=C\C/C=C\C/C=C\C/C=C\CCC(=O)OCC(COP(=O)(O)OCC(O)COP(=O)(O)OCC(O)COC(=O)CCCCCCCCCCC/C=C\C/C=C\C/C=C\C/C=C\CCCCC)OC(=O)CCCCCCCCCCCCC. The second-order valence-electron chi connectivity index (χ2n) is 23.0. The molecular formula is C73H124O16P2. The van der Waals surface area contributed by atoms with E-state index in [9.17, 15) is 43.5 Å². The molecule has 0 aliphatic carbocycles. The normalized spacial score (nSPS) is 14.9. The van der Waals surface area contributed by atoms with Gasteiger partial charge in [0.2, 0.25) is 0 Å². The molecule has 0 heterocycles. The number of allylic oxidation sites excluding steroid dienone is 20. The van der Waals surface area contributed by atoms with Crippen molar-refractivity contribution in [1.29, 1.82) is 0 Å². The number of esters is 3. The Morgan fingerprint density at radius 1 is 0.319 bits per heavy atom. The molecule has 0 aromatic heterocycles. The molecule has 0 aliphatic heterocycles. The average molecular weight is 1320 g/mol. The summed E-state index contributed by atoms with van der Waals surface area (Å²) in [5.41, 5.74) is 0. The van der Waals surface area contributed by atoms with Gasteiger partial charge in [-0.15, -0.1) is 0 Å². The summed E-state index contributed by atoms with van der Waals surface area (Å²) in [4.78, 5) is 58.3. The Bertz CT molecular complexity index is 2140. The summed E-state index contributed by atoms with van der Waals surface area (Å²) in [7, 11) is -9.79. The van der Waals surface area contributed by atoms with Gasteiger partial charge in [0.15, 0.2) is 6.10 Å². The van der Waals surface area contributed by atoms with Crippen LogP contribution in [0.1, 0.15) is 265 Å². The van der Waals surface area contributed by atoms with Gasteiger partial charge in [0.25, 0.3) is 0 Å². The minimum Gasteiger partial charge on any atom is -0.463 e. The van der Waals surface area contributed by atoms with E-state index in [0.29, 0.717) is 25.7 Å². The van der Waals surface area contributed by atoms with Crippen LogP contribution < -0.4 is 0 Å². The summed E-state index contributed by atoms with van der Waals surface area (Å²) in [5, 5.41) is 20.5. The topological polar surface area (TPSA) is 231 Å². The number of unbranched alkanes of at least 4 members (excludes halogenated alkanes) is 22. The lowest BCUT2D eigenvalue weighted by Crippen LogP contribution is -2.30. The van der Waals surface area contributed by atoms with Gasteiger partial charge >= 0.3 is 33.6 Å². The predicted molar refractivity (Wildman–Crippen MR) is 371 cm³/mol. The summed E-state index contributed by atoms with van der Waals surface area (Å²) in [6, 6.07) is 0. The summed E-state index contributed by atoms with van der Waals surface area (Å²) >= 11 is 0. The lowest BCUT2D eigenvalue weighted by molar-refractivity contribution is -0.161. The van der Waals surface area contributed by atoms with Gasteiger partial charge in [-0.05, 0) is 103 Å². The predicted octanol–water partition coefficient (Wildman–Crippen LogP) is 19.4. The van der Waals surface area contributed by atoms with E-state index in [1.165, 1.54) is 89.9 Å². The van der Waals surface area contributed by atoms with Crippen molar-refractivity contribution in [3.63, 3.8) is 0 Å². The standard InChI is InChI=1S/C73H124O16P2/c1-4-7-10-13-16-19-22-24-26-28-30-31-32-33-34-35-37-39-40-42-45-47-50-53-56-59-71(76)83-62-68(74)63-85-90(79,80)86-64-69(75)65-87-91(81,82)88-67-70(89-73(78)61-58-55-52-49-44-21-18-15-12-9-6-3)66-84-72(77)60-57-54-51-48-46-43-41-38-36-29-27-25-23-20-17-14-11-8-5-2/h8,11,16-17,19-20,24-27,30-31,33-34,36,38,43,46,51,54,68-70,74-75H,4-7,9-10,12-15,18,21-23,28-29,32,35,37,39-42,44-45,47-50,52-53,55-67H2,1-3H3,(H,79,80)(H,81,82)/b11-8-,19-16-,20-17-,26-24-,27-25-,31-30-,34-33-,38-36-,46-43-,54-51-. The molecule has 4 N–H and O–H groups in total. The average Bonchev–Trinajstić information content (AvgIpc) is 3.70. The minimum atomic E-state index is -4.94. The zero-order chi connectivity index (χ0) is 66.7. The van der Waals surface area contributed by atoms with E-state index in [1.54, 1.807) is 0 Å². The third kappa shape index (κ3) is 67.2. The van der Waals surface area contributed by atoms with Crippen LogP contribution in [-0.4, -0.2) is 95.9 Å². The van der Waals surface area contributed by atoms with Gasteiger partial charge < -0.3 is 34.2 Å². The molecule has 0 aromatic carbocycles. The van der Waals surface area contributed by atoms with E-state index in [0.717, 1.165) is 109 Å². The van der Waals surface area contributed by atoms with Crippen molar-refractivity contribution in [1.82, 2.24) is 0 Å². The Kier molecular flexibility index (Phi) is 63.1. The highest BCUT2D eigenvalue weighted by atomic mass is 31.2. The first-order chi connectivity index (χ1) is 44.2. The quantitative estimate of drug-likeness (QED) is 0.0146. The molecule has 0 saturated heterocycles. The molecule has 91 heavy (non-hydrogen) atoms. The number of aliphatic hydroxyl groups is 2. The number of hydrogen-bond acceptors (Lipinski definition) is 14. The zero-order valence-corrected chi connectivity index (χ0v) is 58.3. The van der Waals surface area contributed by atoms with Crippen LogP contribution in [0.5, 0.6) is 0 Å². The second kappa shape index (κ2) is 66.0. The maximum absolute atomic E-state index is 12.9. The Morgan fingerprint density at radius 2 is 0.604 bits per heavy atom. The van der Waals surface area contributed by atoms with Gasteiger partial charge in [0.05, 0.1) is 26.4 Å². The molecule has 0 aliphatic rings. The van der Waals surface area contributed by atoms with Gasteiger partial charge in [-0.25, -0.2) is 9.13 Å². The van der Waals surface area contributed by atoms with Crippen LogP contribution in [0.3, 0.4) is 0 Å². The zero-order valence-electron chi connectivity index (χ0n) is 56.5. The van der Waals surface area contributed by atoms with E-state index >= 15 is 0 Å². The Balaban J connectivity index is 4.58. The molecule has 5 atom stereocenters. The fourth-order valence-electron chi connectivity index (χ4n) is 8.87. The first-order valence-corrected chi connectivity index (χ1v) is 37.8. The van der Waals surface area contributed by atoms with Crippen LogP contribution in [0.15, 0.2) is 122 Å². The second-order valence-corrected chi connectivity index (χ2v) is 25.9. The molecule has 0 spiro atoms. The molecule has 18 heteroatoms. The number of aliphatic hydroxyl groups excluding tert-OH is 2. The van der Waals surface area contributed by atoms with Crippen molar-refractivity contribution in [3.8, 4) is 0 Å². The van der Waals surface area contributed by atoms with Crippen LogP contribution in [-0.2, 0) is 55.8 Å². The highest BCUT2D eigenvalue weighted by Gasteiger charge is 2.29. The number of phosphoric ester groups is 2. The van der Waals surface area contributed by atoms with Gasteiger partial charge in [-0.1, -0.05) is 264 Å². The van der Waals surface area contributed by atoms with Crippen molar-refractivity contribution in [2.45, 2.75) is 283 Å². The van der Waals surface area contributed by atoms with Gasteiger partial charge in [0, 0.05) is 19.3 Å². The molecule has 0 rings (SSSR count). The van der Waals surface area contributed by atoms with E-state index in [-0.39, 0.29) is 19.3 Å². The maximum atomic E-state index is 12.9. The van der Waals surface area contributed by atoms with Crippen LogP contribution in [0.2, 0.25) is 0 Å². The minimum absolute atomic E-state index is 0.0442. The molecule has 0 fully saturated rings. The molecule has 0 saturated carbocycles. The van der Waals surface area contributed by atoms with Crippen molar-refractivity contribution in [2.75, 3.05) is 39.6 Å². The van der Waals surface area contributed by atoms with E-state index in [1.807, 2.05) is 18.2 Å². The van der Waals surface area contributed by atoms with Crippen LogP contribution in [0.25, 0.3) is 0 Å². The summed E-state index contributed by atoms with van der Waals surface area (Å²) in [5.74, 6) is -1.68. The largest absolute Gasteiger partial charge is 0.472 e. The third-order valence-electron chi connectivity index (χ3n) is 14.2. The molecule has 522 valence electrons. The van der Waals surface area contributed by atoms with Crippen LogP contribution >= 0.6 is 15.6 Å². The fourth-order valence-corrected chi connectivity index (χ4v) is 10.5. The van der Waals surface area contributed by atoms with Gasteiger partial charge in [-0.3, -0.25) is 32.5 Å². The lowest BCUT2D eigenvalue weighted by atomic mass is 10.1. The van der Waals surface area contributed by atoms with Gasteiger partial charge in [0.1, 0.15) is 25.4 Å². The first kappa shape index (κ1) is 87.0. The summed E-state index contributed by atoms with van der Waals surface area (Å²) < 4.78 is 60.7. The number of carbonyl (C=O) groups excluding carboxylic acids is 3. The Hall–Kier alpha value is -4.05. The van der Waals surface area contributed by atoms with Crippen molar-refractivity contribution in [2.24, 2.45) is 0 Å². The fraction of sp³-hybridized carbons (Fsp3) is 0.685. The van der Waals surface area contributed by atoms with E-state index < -0.39 is 91.5 Å².